The minimum Gasteiger partial charge on any atom is -0.353 e. The number of hydrogen-bond donors (Lipinski definition) is 1. The Bertz CT molecular complexity index is 962. The molecule has 130 valence electrons. The fourth-order valence-electron chi connectivity index (χ4n) is 3.32. The molecule has 1 aromatic carbocycles. The molecule has 25 heavy (non-hydrogen) atoms. The highest BCUT2D eigenvalue weighted by Crippen LogP contribution is 2.39. The number of aromatic amines is 1. The third kappa shape index (κ3) is 2.77. The molecule has 1 aliphatic carbocycles. The predicted molar refractivity (Wildman–Crippen MR) is 95.6 cm³/mol. The third-order valence-corrected chi connectivity index (χ3v) is 6.17. The van der Waals surface area contributed by atoms with Gasteiger partial charge in [0.05, 0.1) is 27.1 Å². The molecule has 1 aliphatic heterocycles. The Hall–Kier alpha value is -2.12. The van der Waals surface area contributed by atoms with E-state index in [4.69, 9.17) is 4.74 Å². The standard InChI is InChI=1S/C18H18FN3O2S/c1-11-7-12-8-14(5-6-18(12,24-2)20-10-11)25(23)17-21-15-4-3-13(19)9-16(15)22-17/h3-4,7-10,14H,5-6H2,1-2H3,(H,21,22). The zero-order valence-electron chi connectivity index (χ0n) is 14.0. The first-order chi connectivity index (χ1) is 12.0. The number of rotatable bonds is 3. The van der Waals surface area contributed by atoms with Crippen LogP contribution in [0.1, 0.15) is 19.8 Å². The van der Waals surface area contributed by atoms with Crippen molar-refractivity contribution in [2.24, 2.45) is 4.99 Å². The molecule has 0 saturated carbocycles. The first-order valence-electron chi connectivity index (χ1n) is 8.07. The van der Waals surface area contributed by atoms with E-state index >= 15 is 0 Å². The molecule has 1 aromatic heterocycles. The van der Waals surface area contributed by atoms with E-state index in [1.807, 2.05) is 25.3 Å². The highest BCUT2D eigenvalue weighted by molar-refractivity contribution is 7.85. The average molecular weight is 359 g/mol. The summed E-state index contributed by atoms with van der Waals surface area (Å²) < 4.78 is 32.0. The second kappa shape index (κ2) is 6.00. The van der Waals surface area contributed by atoms with Gasteiger partial charge in [-0.05, 0) is 43.2 Å². The summed E-state index contributed by atoms with van der Waals surface area (Å²) in [6, 6.07) is 4.29. The van der Waals surface area contributed by atoms with Gasteiger partial charge in [-0.2, -0.15) is 0 Å². The first-order valence-corrected chi connectivity index (χ1v) is 9.29. The maximum Gasteiger partial charge on any atom is 0.198 e. The Labute approximate surface area is 147 Å². The monoisotopic (exact) mass is 359 g/mol. The van der Waals surface area contributed by atoms with Gasteiger partial charge in [0.2, 0.25) is 0 Å². The van der Waals surface area contributed by atoms with Crippen LogP contribution in [0.2, 0.25) is 0 Å². The van der Waals surface area contributed by atoms with E-state index in [9.17, 15) is 8.60 Å². The molecule has 0 spiro atoms. The first kappa shape index (κ1) is 16.4. The van der Waals surface area contributed by atoms with Gasteiger partial charge in [-0.1, -0.05) is 6.08 Å². The zero-order chi connectivity index (χ0) is 17.6. The molecular weight excluding hydrogens is 341 g/mol. The number of nitrogens with zero attached hydrogens (tertiary/aromatic N) is 2. The number of imidazole rings is 1. The molecule has 0 amide bonds. The quantitative estimate of drug-likeness (QED) is 0.915. The van der Waals surface area contributed by atoms with E-state index in [1.54, 1.807) is 13.2 Å². The predicted octanol–water partition coefficient (Wildman–Crippen LogP) is 3.27. The van der Waals surface area contributed by atoms with Crippen molar-refractivity contribution in [2.45, 2.75) is 35.9 Å². The number of nitrogens with one attached hydrogen (secondary N) is 1. The van der Waals surface area contributed by atoms with E-state index in [2.05, 4.69) is 15.0 Å². The van der Waals surface area contributed by atoms with E-state index in [0.29, 0.717) is 29.0 Å². The zero-order valence-corrected chi connectivity index (χ0v) is 14.8. The van der Waals surface area contributed by atoms with Crippen LogP contribution >= 0.6 is 0 Å². The normalized spacial score (nSPS) is 26.9. The van der Waals surface area contributed by atoms with Crippen LogP contribution < -0.4 is 0 Å². The molecule has 3 unspecified atom stereocenters. The number of ether oxygens (including phenoxy) is 1. The van der Waals surface area contributed by atoms with Crippen LogP contribution in [0.15, 0.2) is 51.6 Å². The Morgan fingerprint density at radius 2 is 2.28 bits per heavy atom. The summed E-state index contributed by atoms with van der Waals surface area (Å²) in [4.78, 5) is 11.9. The maximum atomic E-state index is 13.3. The van der Waals surface area contributed by atoms with Gasteiger partial charge in [0.25, 0.3) is 0 Å². The minimum atomic E-state index is -1.36. The Morgan fingerprint density at radius 1 is 1.44 bits per heavy atom. The van der Waals surface area contributed by atoms with Crippen LogP contribution in [0.25, 0.3) is 11.0 Å². The number of fused-ring (bicyclic) bond motifs is 2. The molecule has 0 bridgehead atoms. The van der Waals surface area contributed by atoms with Gasteiger partial charge in [-0.3, -0.25) is 9.20 Å². The largest absolute Gasteiger partial charge is 0.353 e. The number of dihydropyridines is 1. The number of allylic oxidation sites excluding steroid dienone is 1. The average Bonchev–Trinajstić information content (AvgIpc) is 3.03. The number of hydrogen-bond acceptors (Lipinski definition) is 4. The Morgan fingerprint density at radius 3 is 3.08 bits per heavy atom. The van der Waals surface area contributed by atoms with Crippen molar-refractivity contribution in [1.29, 1.82) is 0 Å². The van der Waals surface area contributed by atoms with Crippen molar-refractivity contribution in [2.75, 3.05) is 7.11 Å². The molecule has 1 N–H and O–H groups in total. The molecule has 0 radical (unpaired) electrons. The molecule has 2 aromatic rings. The number of aliphatic imine (C=N–C) groups is 1. The molecule has 2 heterocycles. The lowest BCUT2D eigenvalue weighted by Crippen LogP contribution is -2.38. The lowest BCUT2D eigenvalue weighted by Gasteiger charge is -2.37. The van der Waals surface area contributed by atoms with Crippen molar-refractivity contribution in [1.82, 2.24) is 9.97 Å². The van der Waals surface area contributed by atoms with Gasteiger partial charge in [0.15, 0.2) is 10.9 Å². The van der Waals surface area contributed by atoms with Crippen molar-refractivity contribution < 1.29 is 13.3 Å². The molecule has 3 atom stereocenters. The van der Waals surface area contributed by atoms with Crippen molar-refractivity contribution >= 4 is 28.0 Å². The SMILES string of the molecule is COC12CCC(S(=O)c3nc4ccc(F)cc4[nH]3)C=C1C=C(C)C=N2. The number of methoxy groups -OCH3 is 1. The van der Waals surface area contributed by atoms with Gasteiger partial charge in [0, 0.05) is 25.3 Å². The number of benzene rings is 1. The van der Waals surface area contributed by atoms with Crippen LogP contribution in [-0.2, 0) is 15.5 Å². The van der Waals surface area contributed by atoms with Gasteiger partial charge >= 0.3 is 0 Å². The van der Waals surface area contributed by atoms with E-state index in [0.717, 1.165) is 11.1 Å². The summed E-state index contributed by atoms with van der Waals surface area (Å²) in [6.45, 7) is 1.97. The van der Waals surface area contributed by atoms with Crippen molar-refractivity contribution in [3.8, 4) is 0 Å². The van der Waals surface area contributed by atoms with Gasteiger partial charge in [0.1, 0.15) is 5.82 Å². The van der Waals surface area contributed by atoms with Crippen molar-refractivity contribution in [3.63, 3.8) is 0 Å². The van der Waals surface area contributed by atoms with Gasteiger partial charge in [-0.25, -0.2) is 9.37 Å². The van der Waals surface area contributed by atoms with Crippen LogP contribution in [0.3, 0.4) is 0 Å². The van der Waals surface area contributed by atoms with Crippen LogP contribution in [-0.4, -0.2) is 38.5 Å². The second-order valence-electron chi connectivity index (χ2n) is 6.34. The molecule has 7 heteroatoms. The Kier molecular flexibility index (Phi) is 3.92. The molecule has 0 fully saturated rings. The summed E-state index contributed by atoms with van der Waals surface area (Å²) in [5.74, 6) is -0.348. The molecular formula is C18H18FN3O2S. The number of aromatic nitrogens is 2. The second-order valence-corrected chi connectivity index (χ2v) is 7.92. The van der Waals surface area contributed by atoms with Crippen LogP contribution in [0, 0.1) is 5.82 Å². The molecule has 4 rings (SSSR count). The fourth-order valence-corrected chi connectivity index (χ4v) is 4.61. The third-order valence-electron chi connectivity index (χ3n) is 4.67. The Balaban J connectivity index is 1.68. The van der Waals surface area contributed by atoms with E-state index in [-0.39, 0.29) is 11.1 Å². The molecule has 0 saturated heterocycles. The summed E-state index contributed by atoms with van der Waals surface area (Å²) in [7, 11) is 0.286. The van der Waals surface area contributed by atoms with Gasteiger partial charge < -0.3 is 9.72 Å². The summed E-state index contributed by atoms with van der Waals surface area (Å²) in [5.41, 5.74) is 2.46. The van der Waals surface area contributed by atoms with Crippen LogP contribution in [0.4, 0.5) is 4.39 Å². The van der Waals surface area contributed by atoms with Crippen LogP contribution in [0.5, 0.6) is 0 Å². The van der Waals surface area contributed by atoms with Crippen molar-refractivity contribution in [3.05, 3.63) is 47.3 Å². The van der Waals surface area contributed by atoms with Gasteiger partial charge in [-0.15, -0.1) is 0 Å². The highest BCUT2D eigenvalue weighted by atomic mass is 32.2. The smallest absolute Gasteiger partial charge is 0.198 e. The lowest BCUT2D eigenvalue weighted by atomic mass is 9.87. The number of H-pyrrole nitrogens is 1. The topological polar surface area (TPSA) is 67.3 Å². The summed E-state index contributed by atoms with van der Waals surface area (Å²) in [5, 5.41) is 0.174. The highest BCUT2D eigenvalue weighted by Gasteiger charge is 2.40. The lowest BCUT2D eigenvalue weighted by molar-refractivity contribution is 0.0200. The summed E-state index contributed by atoms with van der Waals surface area (Å²) in [6.07, 6.45) is 7.12. The summed E-state index contributed by atoms with van der Waals surface area (Å²) >= 11 is 0. The fraction of sp³-hybridized carbons (Fsp3) is 0.333. The molecule has 5 nitrogen and oxygen atoms in total. The van der Waals surface area contributed by atoms with E-state index in [1.165, 1.54) is 12.1 Å². The molecule has 2 aliphatic rings. The maximum absolute atomic E-state index is 13.3. The van der Waals surface area contributed by atoms with E-state index < -0.39 is 16.5 Å². The number of halogens is 1. The minimum absolute atomic E-state index is 0.193.